The van der Waals surface area contributed by atoms with E-state index in [1.54, 1.807) is 0 Å². The first-order valence-electron chi connectivity index (χ1n) is 6.39. The Morgan fingerprint density at radius 3 is 3.00 bits per heavy atom. The van der Waals surface area contributed by atoms with Gasteiger partial charge in [-0.1, -0.05) is 13.3 Å². The summed E-state index contributed by atoms with van der Waals surface area (Å²) in [6.07, 6.45) is 3.83. The third-order valence-electron chi connectivity index (χ3n) is 3.51. The zero-order valence-corrected chi connectivity index (χ0v) is 11.0. The van der Waals surface area contributed by atoms with E-state index < -0.39 is 0 Å². The van der Waals surface area contributed by atoms with Crippen LogP contribution in [0.25, 0.3) is 0 Å². The molecule has 1 saturated heterocycles. The summed E-state index contributed by atoms with van der Waals surface area (Å²) in [6.45, 7) is 2.66. The average Bonchev–Trinajstić information content (AvgIpc) is 2.89. The van der Waals surface area contributed by atoms with Crippen LogP contribution in [0.5, 0.6) is 0 Å². The Balaban J connectivity index is 1.83. The number of amides is 2. The topological polar surface area (TPSA) is 58.2 Å². The molecule has 0 aromatic rings. The molecule has 2 N–H and O–H groups in total. The lowest BCUT2D eigenvalue weighted by molar-refractivity contribution is -0.127. The molecule has 0 aromatic carbocycles. The van der Waals surface area contributed by atoms with Gasteiger partial charge in [0.1, 0.15) is 0 Å². The maximum atomic E-state index is 12.0. The van der Waals surface area contributed by atoms with E-state index in [1.165, 1.54) is 12.8 Å². The molecule has 2 aliphatic rings. The highest BCUT2D eigenvalue weighted by Gasteiger charge is 2.33. The van der Waals surface area contributed by atoms with E-state index in [1.807, 2.05) is 11.8 Å². The molecule has 3 atom stereocenters. The molecular weight excluding hydrogens is 236 g/mol. The van der Waals surface area contributed by atoms with E-state index in [-0.39, 0.29) is 17.7 Å². The summed E-state index contributed by atoms with van der Waals surface area (Å²) in [6, 6.07) is 0.308. The normalized spacial score (nSPS) is 32.5. The van der Waals surface area contributed by atoms with Gasteiger partial charge in [0, 0.05) is 24.3 Å². The Bertz CT molecular complexity index is 309. The minimum atomic E-state index is -0.157. The van der Waals surface area contributed by atoms with Crippen LogP contribution in [-0.4, -0.2) is 35.4 Å². The molecule has 2 rings (SSSR count). The van der Waals surface area contributed by atoms with Crippen molar-refractivity contribution in [2.45, 2.75) is 43.9 Å². The third-order valence-corrected chi connectivity index (χ3v) is 4.83. The summed E-state index contributed by atoms with van der Waals surface area (Å²) in [5.74, 6) is 0.990. The van der Waals surface area contributed by atoms with E-state index in [9.17, 15) is 9.59 Å². The van der Waals surface area contributed by atoms with Crippen molar-refractivity contribution >= 4 is 23.6 Å². The lowest BCUT2D eigenvalue weighted by Crippen LogP contribution is -2.42. The van der Waals surface area contributed by atoms with Gasteiger partial charge in [0.25, 0.3) is 0 Å². The Kier molecular flexibility index (Phi) is 4.31. The largest absolute Gasteiger partial charge is 0.355 e. The van der Waals surface area contributed by atoms with Crippen molar-refractivity contribution in [3.05, 3.63) is 0 Å². The number of hydrogen-bond donors (Lipinski definition) is 2. The van der Waals surface area contributed by atoms with Crippen molar-refractivity contribution < 1.29 is 9.59 Å². The molecule has 1 saturated carbocycles. The molecule has 17 heavy (non-hydrogen) atoms. The number of carbonyl (C=O) groups excluding carboxylic acids is 2. The SMILES string of the molecule is CCSC1CCCC1NC(=O)C1CNC(=O)C1. The van der Waals surface area contributed by atoms with Crippen molar-refractivity contribution in [1.82, 2.24) is 10.6 Å². The van der Waals surface area contributed by atoms with Crippen LogP contribution in [0.4, 0.5) is 0 Å². The van der Waals surface area contributed by atoms with Gasteiger partial charge in [0.15, 0.2) is 0 Å². The van der Waals surface area contributed by atoms with Gasteiger partial charge < -0.3 is 10.6 Å². The second-order valence-corrected chi connectivity index (χ2v) is 6.26. The number of carbonyl (C=O) groups is 2. The summed E-state index contributed by atoms with van der Waals surface area (Å²) >= 11 is 1.93. The maximum absolute atomic E-state index is 12.0. The smallest absolute Gasteiger partial charge is 0.225 e. The maximum Gasteiger partial charge on any atom is 0.225 e. The summed E-state index contributed by atoms with van der Waals surface area (Å²) < 4.78 is 0. The van der Waals surface area contributed by atoms with Crippen LogP contribution < -0.4 is 10.6 Å². The summed E-state index contributed by atoms with van der Waals surface area (Å²) in [5, 5.41) is 6.39. The molecule has 2 amide bonds. The van der Waals surface area contributed by atoms with Gasteiger partial charge in [-0.05, 0) is 18.6 Å². The standard InChI is InChI=1S/C12H20N2O2S/c1-2-17-10-5-3-4-9(10)14-12(16)8-6-11(15)13-7-8/h8-10H,2-7H2,1H3,(H,13,15)(H,14,16). The fraction of sp³-hybridized carbons (Fsp3) is 0.833. The van der Waals surface area contributed by atoms with Crippen LogP contribution in [0.3, 0.4) is 0 Å². The number of hydrogen-bond acceptors (Lipinski definition) is 3. The first-order chi connectivity index (χ1) is 8.20. The van der Waals surface area contributed by atoms with Crippen molar-refractivity contribution in [3.63, 3.8) is 0 Å². The van der Waals surface area contributed by atoms with Crippen LogP contribution in [0.15, 0.2) is 0 Å². The Morgan fingerprint density at radius 2 is 2.35 bits per heavy atom. The van der Waals surface area contributed by atoms with E-state index >= 15 is 0 Å². The predicted octanol–water partition coefficient (Wildman–Crippen LogP) is 0.913. The molecule has 5 heteroatoms. The number of rotatable bonds is 4. The van der Waals surface area contributed by atoms with Gasteiger partial charge in [-0.3, -0.25) is 9.59 Å². The number of nitrogens with one attached hydrogen (secondary N) is 2. The van der Waals surface area contributed by atoms with E-state index in [2.05, 4.69) is 17.6 Å². The monoisotopic (exact) mass is 256 g/mol. The van der Waals surface area contributed by atoms with E-state index in [0.29, 0.717) is 24.3 Å². The van der Waals surface area contributed by atoms with Gasteiger partial charge in [-0.25, -0.2) is 0 Å². The second-order valence-electron chi connectivity index (χ2n) is 4.74. The molecule has 2 fully saturated rings. The Hall–Kier alpha value is -0.710. The second kappa shape index (κ2) is 5.76. The molecule has 4 nitrogen and oxygen atoms in total. The van der Waals surface area contributed by atoms with E-state index in [4.69, 9.17) is 0 Å². The van der Waals surface area contributed by atoms with Crippen molar-refractivity contribution in [2.75, 3.05) is 12.3 Å². The highest BCUT2D eigenvalue weighted by Crippen LogP contribution is 2.30. The molecule has 3 unspecified atom stereocenters. The molecule has 1 aliphatic carbocycles. The Morgan fingerprint density at radius 1 is 1.53 bits per heavy atom. The quantitative estimate of drug-likeness (QED) is 0.786. The first-order valence-corrected chi connectivity index (χ1v) is 7.44. The minimum Gasteiger partial charge on any atom is -0.355 e. The van der Waals surface area contributed by atoms with Gasteiger partial charge in [-0.2, -0.15) is 11.8 Å². The average molecular weight is 256 g/mol. The zero-order chi connectivity index (χ0) is 12.3. The molecule has 0 spiro atoms. The van der Waals surface area contributed by atoms with Crippen molar-refractivity contribution in [3.8, 4) is 0 Å². The predicted molar refractivity (Wildman–Crippen MR) is 68.8 cm³/mol. The molecular formula is C12H20N2O2S. The van der Waals surface area contributed by atoms with Crippen LogP contribution >= 0.6 is 11.8 Å². The van der Waals surface area contributed by atoms with Gasteiger partial charge in [0.2, 0.25) is 11.8 Å². The fourth-order valence-corrected chi connectivity index (χ4v) is 3.79. The molecule has 96 valence electrons. The van der Waals surface area contributed by atoms with Crippen LogP contribution in [0, 0.1) is 5.92 Å². The van der Waals surface area contributed by atoms with Crippen molar-refractivity contribution in [2.24, 2.45) is 5.92 Å². The fourth-order valence-electron chi connectivity index (χ4n) is 2.60. The molecule has 0 bridgehead atoms. The van der Waals surface area contributed by atoms with E-state index in [0.717, 1.165) is 12.2 Å². The summed E-state index contributed by atoms with van der Waals surface area (Å²) in [7, 11) is 0. The minimum absolute atomic E-state index is 0.00365. The zero-order valence-electron chi connectivity index (χ0n) is 10.2. The molecule has 1 aliphatic heterocycles. The lowest BCUT2D eigenvalue weighted by atomic mass is 10.1. The first kappa shape index (κ1) is 12.7. The molecule has 1 heterocycles. The summed E-state index contributed by atoms with van der Waals surface area (Å²) in [4.78, 5) is 23.1. The third kappa shape index (κ3) is 3.15. The molecule has 0 radical (unpaired) electrons. The van der Waals surface area contributed by atoms with Gasteiger partial charge in [-0.15, -0.1) is 0 Å². The van der Waals surface area contributed by atoms with Crippen LogP contribution in [0.2, 0.25) is 0 Å². The Labute approximate surface area is 106 Å². The van der Waals surface area contributed by atoms with Gasteiger partial charge >= 0.3 is 0 Å². The van der Waals surface area contributed by atoms with Gasteiger partial charge in [0.05, 0.1) is 5.92 Å². The lowest BCUT2D eigenvalue weighted by Gasteiger charge is -2.21. The number of thioether (sulfide) groups is 1. The summed E-state index contributed by atoms with van der Waals surface area (Å²) in [5.41, 5.74) is 0. The highest BCUT2D eigenvalue weighted by molar-refractivity contribution is 7.99. The van der Waals surface area contributed by atoms with Crippen LogP contribution in [0.1, 0.15) is 32.6 Å². The molecule has 0 aromatic heterocycles. The highest BCUT2D eigenvalue weighted by atomic mass is 32.2. The van der Waals surface area contributed by atoms with Crippen molar-refractivity contribution in [1.29, 1.82) is 0 Å². The van der Waals surface area contributed by atoms with Crippen LogP contribution in [-0.2, 0) is 9.59 Å².